The van der Waals surface area contributed by atoms with E-state index in [1.54, 1.807) is 13.0 Å². The maximum Gasteiger partial charge on any atom is 0.0692 e. The van der Waals surface area contributed by atoms with Crippen molar-refractivity contribution in [3.63, 3.8) is 0 Å². The van der Waals surface area contributed by atoms with Crippen molar-refractivity contribution in [2.24, 2.45) is 0 Å². The summed E-state index contributed by atoms with van der Waals surface area (Å²) in [7, 11) is 0. The van der Waals surface area contributed by atoms with Crippen molar-refractivity contribution < 1.29 is 10.2 Å². The number of hydrogen-bond donors (Lipinski definition) is 2. The molecule has 0 saturated heterocycles. The van der Waals surface area contributed by atoms with Gasteiger partial charge in [-0.3, -0.25) is 0 Å². The second-order valence-corrected chi connectivity index (χ2v) is 3.55. The van der Waals surface area contributed by atoms with Gasteiger partial charge in [-0.2, -0.15) is 0 Å². The highest BCUT2D eigenvalue weighted by molar-refractivity contribution is 4.87. The second-order valence-electron chi connectivity index (χ2n) is 3.55. The van der Waals surface area contributed by atoms with Gasteiger partial charge in [-0.1, -0.05) is 38.3 Å². The molecular weight excluding hydrogens is 164 g/mol. The van der Waals surface area contributed by atoms with Gasteiger partial charge < -0.3 is 10.2 Å². The van der Waals surface area contributed by atoms with Crippen molar-refractivity contribution >= 4 is 0 Å². The molecule has 0 aromatic rings. The Kier molecular flexibility index (Phi) is 8.05. The summed E-state index contributed by atoms with van der Waals surface area (Å²) < 4.78 is 0. The first-order valence-corrected chi connectivity index (χ1v) is 5.19. The first-order chi connectivity index (χ1) is 6.16. The van der Waals surface area contributed by atoms with Crippen LogP contribution in [0.1, 0.15) is 46.0 Å². The summed E-state index contributed by atoms with van der Waals surface area (Å²) in [6, 6.07) is 0. The summed E-state index contributed by atoms with van der Waals surface area (Å²) in [5, 5.41) is 18.4. The van der Waals surface area contributed by atoms with Crippen LogP contribution < -0.4 is 0 Å². The van der Waals surface area contributed by atoms with Gasteiger partial charge >= 0.3 is 0 Å². The third kappa shape index (κ3) is 9.57. The van der Waals surface area contributed by atoms with Crippen molar-refractivity contribution in [3.05, 3.63) is 12.2 Å². The lowest BCUT2D eigenvalue weighted by atomic mass is 10.1. The zero-order valence-corrected chi connectivity index (χ0v) is 8.74. The Labute approximate surface area is 81.3 Å². The molecule has 78 valence electrons. The Balaban J connectivity index is 3.34. The van der Waals surface area contributed by atoms with Crippen molar-refractivity contribution in [2.75, 3.05) is 0 Å². The highest BCUT2D eigenvalue weighted by atomic mass is 16.3. The summed E-state index contributed by atoms with van der Waals surface area (Å²) >= 11 is 0. The smallest absolute Gasteiger partial charge is 0.0692 e. The lowest BCUT2D eigenvalue weighted by Crippen LogP contribution is -2.04. The molecule has 0 spiro atoms. The van der Waals surface area contributed by atoms with Gasteiger partial charge in [0.1, 0.15) is 0 Å². The summed E-state index contributed by atoms with van der Waals surface area (Å²) in [4.78, 5) is 0. The van der Waals surface area contributed by atoms with E-state index in [1.807, 2.05) is 6.08 Å². The predicted octanol–water partition coefficient (Wildman–Crippen LogP) is 2.25. The van der Waals surface area contributed by atoms with Crippen LogP contribution in [-0.4, -0.2) is 22.4 Å². The molecule has 0 aliphatic rings. The molecule has 0 aliphatic heterocycles. The molecule has 2 N–H and O–H groups in total. The highest BCUT2D eigenvalue weighted by Crippen LogP contribution is 2.06. The van der Waals surface area contributed by atoms with Crippen LogP contribution in [0.15, 0.2) is 12.2 Å². The van der Waals surface area contributed by atoms with Crippen molar-refractivity contribution in [1.82, 2.24) is 0 Å². The molecule has 0 saturated carbocycles. The molecule has 0 aromatic carbocycles. The fourth-order valence-corrected chi connectivity index (χ4v) is 1.18. The van der Waals surface area contributed by atoms with Gasteiger partial charge in [0.2, 0.25) is 0 Å². The summed E-state index contributed by atoms with van der Waals surface area (Å²) in [5.41, 5.74) is 0. The standard InChI is InChI=1S/C11H22O2/c1-3-4-5-8-11(13)9-6-7-10(2)12/h6-7,10-13H,3-5,8-9H2,1-2H3/b7-6+/t10-,11+/m0/s1. The topological polar surface area (TPSA) is 40.5 Å². The van der Waals surface area contributed by atoms with Gasteiger partial charge in [-0.05, 0) is 19.8 Å². The van der Waals surface area contributed by atoms with E-state index in [9.17, 15) is 5.11 Å². The van der Waals surface area contributed by atoms with Gasteiger partial charge in [0.25, 0.3) is 0 Å². The lowest BCUT2D eigenvalue weighted by Gasteiger charge is -2.06. The summed E-state index contributed by atoms with van der Waals surface area (Å²) in [5.74, 6) is 0. The Hall–Kier alpha value is -0.340. The zero-order chi connectivity index (χ0) is 10.1. The summed E-state index contributed by atoms with van der Waals surface area (Å²) in [6.07, 6.45) is 7.94. The van der Waals surface area contributed by atoms with E-state index in [2.05, 4.69) is 6.92 Å². The zero-order valence-electron chi connectivity index (χ0n) is 8.74. The predicted molar refractivity (Wildman–Crippen MR) is 55.6 cm³/mol. The molecule has 0 fully saturated rings. The maximum atomic E-state index is 9.46. The SMILES string of the molecule is CCCCC[C@@H](O)C/C=C/[C@H](C)O. The van der Waals surface area contributed by atoms with Crippen molar-refractivity contribution in [2.45, 2.75) is 58.2 Å². The molecule has 0 bridgehead atoms. The van der Waals surface area contributed by atoms with Gasteiger partial charge in [0.05, 0.1) is 12.2 Å². The van der Waals surface area contributed by atoms with Crippen LogP contribution in [0.3, 0.4) is 0 Å². The number of hydrogen-bond acceptors (Lipinski definition) is 2. The molecule has 0 heterocycles. The molecule has 0 aliphatic carbocycles. The van der Waals surface area contributed by atoms with Crippen LogP contribution in [0.5, 0.6) is 0 Å². The largest absolute Gasteiger partial charge is 0.393 e. The Morgan fingerprint density at radius 2 is 1.92 bits per heavy atom. The van der Waals surface area contributed by atoms with E-state index in [-0.39, 0.29) is 6.10 Å². The molecule has 0 radical (unpaired) electrons. The average Bonchev–Trinajstić information content (AvgIpc) is 2.04. The van der Waals surface area contributed by atoms with Gasteiger partial charge in [0.15, 0.2) is 0 Å². The molecule has 2 nitrogen and oxygen atoms in total. The average molecular weight is 186 g/mol. The minimum atomic E-state index is -0.400. The van der Waals surface area contributed by atoms with Crippen LogP contribution >= 0.6 is 0 Å². The first-order valence-electron chi connectivity index (χ1n) is 5.19. The fraction of sp³-hybridized carbons (Fsp3) is 0.818. The molecular formula is C11H22O2. The van der Waals surface area contributed by atoms with Crippen molar-refractivity contribution in [1.29, 1.82) is 0 Å². The lowest BCUT2D eigenvalue weighted by molar-refractivity contribution is 0.163. The van der Waals surface area contributed by atoms with E-state index < -0.39 is 6.10 Å². The molecule has 2 atom stereocenters. The quantitative estimate of drug-likeness (QED) is 0.473. The molecule has 2 heteroatoms. The van der Waals surface area contributed by atoms with Crippen LogP contribution in [0.4, 0.5) is 0 Å². The van der Waals surface area contributed by atoms with Crippen molar-refractivity contribution in [3.8, 4) is 0 Å². The fourth-order valence-electron chi connectivity index (χ4n) is 1.18. The van der Waals surface area contributed by atoms with E-state index in [0.717, 1.165) is 12.8 Å². The van der Waals surface area contributed by atoms with Gasteiger partial charge in [-0.25, -0.2) is 0 Å². The molecule has 13 heavy (non-hydrogen) atoms. The summed E-state index contributed by atoms with van der Waals surface area (Å²) in [6.45, 7) is 3.86. The number of rotatable bonds is 7. The monoisotopic (exact) mass is 186 g/mol. The first kappa shape index (κ1) is 12.7. The molecule has 0 unspecified atom stereocenters. The number of unbranched alkanes of at least 4 members (excludes halogenated alkanes) is 2. The Morgan fingerprint density at radius 1 is 1.23 bits per heavy atom. The minimum Gasteiger partial charge on any atom is -0.393 e. The van der Waals surface area contributed by atoms with E-state index in [1.165, 1.54) is 12.8 Å². The van der Waals surface area contributed by atoms with Gasteiger partial charge in [-0.15, -0.1) is 0 Å². The number of aliphatic hydroxyl groups is 2. The minimum absolute atomic E-state index is 0.235. The van der Waals surface area contributed by atoms with Crippen LogP contribution in [0.2, 0.25) is 0 Å². The highest BCUT2D eigenvalue weighted by Gasteiger charge is 2.00. The van der Waals surface area contributed by atoms with Crippen LogP contribution in [-0.2, 0) is 0 Å². The van der Waals surface area contributed by atoms with Crippen LogP contribution in [0.25, 0.3) is 0 Å². The van der Waals surface area contributed by atoms with Crippen LogP contribution in [0, 0.1) is 0 Å². The van der Waals surface area contributed by atoms with E-state index in [4.69, 9.17) is 5.11 Å². The number of aliphatic hydroxyl groups excluding tert-OH is 2. The Morgan fingerprint density at radius 3 is 2.46 bits per heavy atom. The van der Waals surface area contributed by atoms with E-state index >= 15 is 0 Å². The second kappa shape index (κ2) is 8.27. The molecule has 0 aromatic heterocycles. The molecule has 0 rings (SSSR count). The van der Waals surface area contributed by atoms with E-state index in [0.29, 0.717) is 6.42 Å². The normalized spacial score (nSPS) is 16.3. The van der Waals surface area contributed by atoms with Gasteiger partial charge in [0, 0.05) is 0 Å². The Bertz CT molecular complexity index is 130. The third-order valence-electron chi connectivity index (χ3n) is 1.96. The third-order valence-corrected chi connectivity index (χ3v) is 1.96. The maximum absolute atomic E-state index is 9.46. The molecule has 0 amide bonds.